The van der Waals surface area contributed by atoms with Crippen LogP contribution in [0.4, 0.5) is 5.82 Å². The van der Waals surface area contributed by atoms with Gasteiger partial charge in [-0.1, -0.05) is 22.9 Å². The average molecular weight is 297 g/mol. The van der Waals surface area contributed by atoms with E-state index in [9.17, 15) is 10.1 Å². The summed E-state index contributed by atoms with van der Waals surface area (Å²) >= 11 is 6.93. The average Bonchev–Trinajstić information content (AvgIpc) is 2.91. The van der Waals surface area contributed by atoms with Crippen molar-refractivity contribution in [2.45, 2.75) is 0 Å². The second-order valence-corrected chi connectivity index (χ2v) is 4.73. The van der Waals surface area contributed by atoms with E-state index in [1.165, 1.54) is 28.0 Å². The van der Waals surface area contributed by atoms with Gasteiger partial charge in [-0.05, 0) is 17.1 Å². The first-order chi connectivity index (χ1) is 9.15. The van der Waals surface area contributed by atoms with E-state index in [0.29, 0.717) is 15.9 Å². The van der Waals surface area contributed by atoms with Gasteiger partial charge in [0.05, 0.1) is 6.20 Å². The first-order valence-electron chi connectivity index (χ1n) is 5.04. The summed E-state index contributed by atoms with van der Waals surface area (Å²) in [5.74, 6) is 0.0467. The smallest absolute Gasteiger partial charge is 0.393 e. The molecule has 7 nitrogen and oxygen atoms in total. The zero-order valence-corrected chi connectivity index (χ0v) is 10.8. The third kappa shape index (κ3) is 2.11. The number of hydrogen-bond acceptors (Lipinski definition) is 6. The number of fused-ring (bicyclic) bond motifs is 1. The molecule has 0 radical (unpaired) electrons. The lowest BCUT2D eigenvalue weighted by Crippen LogP contribution is -1.95. The Morgan fingerprint density at radius 3 is 3.00 bits per heavy atom. The molecule has 0 aliphatic rings. The maximum Gasteiger partial charge on any atom is 0.393 e. The lowest BCUT2D eigenvalue weighted by molar-refractivity contribution is -0.391. The second-order valence-electron chi connectivity index (χ2n) is 3.47. The van der Waals surface area contributed by atoms with Crippen LogP contribution in [0.3, 0.4) is 0 Å². The molecule has 19 heavy (non-hydrogen) atoms. The van der Waals surface area contributed by atoms with Crippen LogP contribution in [0.5, 0.6) is 11.6 Å². The van der Waals surface area contributed by atoms with E-state index < -0.39 is 4.92 Å². The largest absolute Gasteiger partial charge is 0.431 e. The lowest BCUT2D eigenvalue weighted by atomic mass is 10.5. The minimum atomic E-state index is -0.536. The van der Waals surface area contributed by atoms with Gasteiger partial charge in [0.15, 0.2) is 0 Å². The number of rotatable bonds is 3. The molecule has 3 heterocycles. The van der Waals surface area contributed by atoms with E-state index in [1.807, 2.05) is 0 Å². The molecule has 0 aromatic carbocycles. The number of aromatic nitrogens is 3. The molecular formula is C10H5ClN4O3S. The van der Waals surface area contributed by atoms with Gasteiger partial charge < -0.3 is 14.9 Å². The van der Waals surface area contributed by atoms with Crippen LogP contribution < -0.4 is 4.74 Å². The van der Waals surface area contributed by atoms with Gasteiger partial charge in [-0.15, -0.1) is 0 Å². The van der Waals surface area contributed by atoms with E-state index in [-0.39, 0.29) is 11.7 Å². The van der Waals surface area contributed by atoms with Gasteiger partial charge in [0.1, 0.15) is 17.1 Å². The van der Waals surface area contributed by atoms with Crippen LogP contribution in [0.2, 0.25) is 5.15 Å². The van der Waals surface area contributed by atoms with Gasteiger partial charge in [-0.2, -0.15) is 9.38 Å². The second kappa shape index (κ2) is 4.48. The Balaban J connectivity index is 2.04. The summed E-state index contributed by atoms with van der Waals surface area (Å²) in [6, 6.07) is 3.09. The molecule has 3 aromatic heterocycles. The van der Waals surface area contributed by atoms with E-state index in [0.717, 1.165) is 0 Å². The molecule has 0 spiro atoms. The highest BCUT2D eigenvalue weighted by Gasteiger charge is 2.25. The number of pyridine rings is 1. The molecule has 0 amide bonds. The minimum absolute atomic E-state index is 0.0685. The molecule has 0 atom stereocenters. The van der Waals surface area contributed by atoms with Crippen molar-refractivity contribution >= 4 is 33.7 Å². The van der Waals surface area contributed by atoms with Crippen molar-refractivity contribution in [3.8, 4) is 11.6 Å². The summed E-state index contributed by atoms with van der Waals surface area (Å²) in [4.78, 5) is 18.9. The Bertz CT molecular complexity index is 752. The standard InChI is InChI=1S/C10H5ClN4O3S/c11-7-2-1-6(5-12-7)18-8-9(15(16)17)14-3-4-19-10(14)13-8/h1-5H. The first kappa shape index (κ1) is 11.9. The highest BCUT2D eigenvalue weighted by Crippen LogP contribution is 2.33. The Morgan fingerprint density at radius 1 is 1.47 bits per heavy atom. The number of nitrogens with zero attached hydrogens (tertiary/aromatic N) is 4. The zero-order chi connectivity index (χ0) is 13.4. The Hall–Kier alpha value is -2.19. The number of nitro groups is 1. The van der Waals surface area contributed by atoms with Crippen molar-refractivity contribution in [2.24, 2.45) is 0 Å². The predicted molar refractivity (Wildman–Crippen MR) is 69.0 cm³/mol. The summed E-state index contributed by atoms with van der Waals surface area (Å²) in [6.45, 7) is 0. The third-order valence-corrected chi connectivity index (χ3v) is 3.27. The minimum Gasteiger partial charge on any atom is -0.431 e. The molecule has 3 rings (SSSR count). The number of thiazole rings is 1. The zero-order valence-electron chi connectivity index (χ0n) is 9.19. The molecule has 0 aliphatic carbocycles. The fourth-order valence-corrected chi connectivity index (χ4v) is 2.34. The fraction of sp³-hybridized carbons (Fsp3) is 0. The molecule has 9 heteroatoms. The monoisotopic (exact) mass is 296 g/mol. The molecule has 0 saturated heterocycles. The SMILES string of the molecule is O=[N+]([O-])c1c(Oc2ccc(Cl)nc2)nc2sccn12. The van der Waals surface area contributed by atoms with E-state index in [2.05, 4.69) is 9.97 Å². The van der Waals surface area contributed by atoms with Crippen molar-refractivity contribution < 1.29 is 9.66 Å². The van der Waals surface area contributed by atoms with Crippen molar-refractivity contribution in [3.63, 3.8) is 0 Å². The number of hydrogen-bond donors (Lipinski definition) is 0. The maximum absolute atomic E-state index is 11.1. The van der Waals surface area contributed by atoms with Crippen LogP contribution >= 0.6 is 22.9 Å². The number of halogens is 1. The van der Waals surface area contributed by atoms with E-state index >= 15 is 0 Å². The molecule has 0 N–H and O–H groups in total. The van der Waals surface area contributed by atoms with Gasteiger partial charge in [0, 0.05) is 5.38 Å². The molecule has 0 aliphatic heterocycles. The molecular weight excluding hydrogens is 292 g/mol. The van der Waals surface area contributed by atoms with Gasteiger partial charge in [-0.3, -0.25) is 0 Å². The number of imidazole rings is 1. The van der Waals surface area contributed by atoms with Crippen molar-refractivity contribution in [1.82, 2.24) is 14.4 Å². The van der Waals surface area contributed by atoms with Crippen LogP contribution in [0, 0.1) is 10.1 Å². The first-order valence-corrected chi connectivity index (χ1v) is 6.30. The predicted octanol–water partition coefficient (Wildman–Crippen LogP) is 3.14. The van der Waals surface area contributed by atoms with Crippen molar-refractivity contribution in [3.05, 3.63) is 45.2 Å². The lowest BCUT2D eigenvalue weighted by Gasteiger charge is -2.01. The van der Waals surface area contributed by atoms with E-state index in [4.69, 9.17) is 16.3 Å². The van der Waals surface area contributed by atoms with Gasteiger partial charge in [0.2, 0.25) is 0 Å². The van der Waals surface area contributed by atoms with E-state index in [1.54, 1.807) is 17.6 Å². The van der Waals surface area contributed by atoms with Crippen LogP contribution in [0.15, 0.2) is 29.9 Å². The van der Waals surface area contributed by atoms with Gasteiger partial charge in [0.25, 0.3) is 4.96 Å². The summed E-state index contributed by atoms with van der Waals surface area (Å²) in [6.07, 6.45) is 2.94. The molecule has 0 saturated carbocycles. The van der Waals surface area contributed by atoms with Crippen LogP contribution in [-0.4, -0.2) is 19.3 Å². The quantitative estimate of drug-likeness (QED) is 0.421. The Labute approximate surface area is 115 Å². The molecule has 0 unspecified atom stereocenters. The number of ether oxygens (including phenoxy) is 1. The topological polar surface area (TPSA) is 82.6 Å². The molecule has 96 valence electrons. The van der Waals surface area contributed by atoms with Crippen LogP contribution in [0.25, 0.3) is 4.96 Å². The highest BCUT2D eigenvalue weighted by atomic mass is 35.5. The Kier molecular flexibility index (Phi) is 2.80. The molecule has 0 fully saturated rings. The summed E-state index contributed by atoms with van der Waals surface area (Å²) in [7, 11) is 0. The van der Waals surface area contributed by atoms with Gasteiger partial charge >= 0.3 is 11.7 Å². The molecule has 3 aromatic rings. The highest BCUT2D eigenvalue weighted by molar-refractivity contribution is 7.15. The fourth-order valence-electron chi connectivity index (χ4n) is 1.52. The maximum atomic E-state index is 11.1. The van der Waals surface area contributed by atoms with Crippen LogP contribution in [-0.2, 0) is 0 Å². The Morgan fingerprint density at radius 2 is 2.32 bits per heavy atom. The van der Waals surface area contributed by atoms with Crippen molar-refractivity contribution in [2.75, 3.05) is 0 Å². The summed E-state index contributed by atoms with van der Waals surface area (Å²) in [5.41, 5.74) is 0. The summed E-state index contributed by atoms with van der Waals surface area (Å²) < 4.78 is 6.75. The summed E-state index contributed by atoms with van der Waals surface area (Å²) in [5, 5.41) is 13.1. The molecule has 0 bridgehead atoms. The normalized spacial score (nSPS) is 10.8. The van der Waals surface area contributed by atoms with Crippen LogP contribution in [0.1, 0.15) is 0 Å². The van der Waals surface area contributed by atoms with Crippen molar-refractivity contribution in [1.29, 1.82) is 0 Å². The third-order valence-electron chi connectivity index (χ3n) is 2.29. The van der Waals surface area contributed by atoms with Gasteiger partial charge in [-0.25, -0.2) is 4.98 Å².